The molecule has 0 bridgehead atoms. The summed E-state index contributed by atoms with van der Waals surface area (Å²) in [6.45, 7) is 2.47. The normalized spacial score (nSPS) is 10.9. The van der Waals surface area contributed by atoms with Crippen molar-refractivity contribution in [2.24, 2.45) is 0 Å². The fourth-order valence-electron chi connectivity index (χ4n) is 2.77. The van der Waals surface area contributed by atoms with Crippen molar-refractivity contribution in [3.05, 3.63) is 77.4 Å². The molecule has 2 aromatic carbocycles. The third-order valence-corrected chi connectivity index (χ3v) is 4.20. The Bertz CT molecular complexity index is 979. The summed E-state index contributed by atoms with van der Waals surface area (Å²) in [5.74, 6) is 2.96. The number of hydrogen-bond acceptors (Lipinski definition) is 6. The second kappa shape index (κ2) is 7.82. The Morgan fingerprint density at radius 3 is 2.59 bits per heavy atom. The molecule has 2 heterocycles. The van der Waals surface area contributed by atoms with Crippen LogP contribution in [0.4, 0.5) is 0 Å². The molecule has 2 aromatic heterocycles. The van der Waals surface area contributed by atoms with E-state index < -0.39 is 0 Å². The molecule has 136 valence electrons. The van der Waals surface area contributed by atoms with E-state index in [1.54, 1.807) is 0 Å². The number of nitrogens with one attached hydrogen (secondary N) is 1. The summed E-state index contributed by atoms with van der Waals surface area (Å²) < 4.78 is 11.6. The lowest BCUT2D eigenvalue weighted by Gasteiger charge is -2.06. The van der Waals surface area contributed by atoms with E-state index in [2.05, 4.69) is 25.6 Å². The van der Waals surface area contributed by atoms with E-state index in [0.29, 0.717) is 31.2 Å². The van der Waals surface area contributed by atoms with Crippen LogP contribution >= 0.6 is 0 Å². The third kappa shape index (κ3) is 4.20. The number of oxazole rings is 1. The molecule has 0 unspecified atom stereocenters. The first-order valence-electron chi connectivity index (χ1n) is 8.74. The number of hydrogen-bond donors (Lipinski definition) is 1. The predicted molar refractivity (Wildman–Crippen MR) is 99.3 cm³/mol. The average Bonchev–Trinajstić information content (AvgIpc) is 3.34. The van der Waals surface area contributed by atoms with Crippen molar-refractivity contribution < 1.29 is 9.15 Å². The van der Waals surface area contributed by atoms with Crippen LogP contribution in [-0.2, 0) is 12.8 Å². The van der Waals surface area contributed by atoms with Gasteiger partial charge in [0.2, 0.25) is 5.89 Å². The number of aromatic amines is 1. The van der Waals surface area contributed by atoms with Crippen LogP contribution in [0, 0.1) is 6.92 Å². The van der Waals surface area contributed by atoms with Gasteiger partial charge in [0.05, 0.1) is 12.3 Å². The lowest BCUT2D eigenvalue weighted by molar-refractivity contribution is 0.320. The molecule has 0 aliphatic rings. The van der Waals surface area contributed by atoms with E-state index in [9.17, 15) is 0 Å². The van der Waals surface area contributed by atoms with Crippen molar-refractivity contribution in [2.75, 3.05) is 6.61 Å². The summed E-state index contributed by atoms with van der Waals surface area (Å²) in [5, 5.41) is 13.9. The SMILES string of the molecule is Cc1oc(-c2ccccc2)nc1CCOc1ccc(Cc2nn[nH]n2)cc1. The van der Waals surface area contributed by atoms with Crippen LogP contribution in [0.5, 0.6) is 5.75 Å². The molecule has 7 heteroatoms. The van der Waals surface area contributed by atoms with Gasteiger partial charge in [0.15, 0.2) is 5.82 Å². The van der Waals surface area contributed by atoms with Crippen molar-refractivity contribution in [2.45, 2.75) is 19.8 Å². The van der Waals surface area contributed by atoms with Crippen LogP contribution in [0.25, 0.3) is 11.5 Å². The Hall–Kier alpha value is -3.48. The summed E-state index contributed by atoms with van der Waals surface area (Å²) in [6.07, 6.45) is 1.32. The molecule has 0 amide bonds. The molecule has 4 rings (SSSR count). The molecule has 0 saturated carbocycles. The molecule has 0 aliphatic carbocycles. The topological polar surface area (TPSA) is 89.7 Å². The zero-order valence-electron chi connectivity index (χ0n) is 14.9. The highest BCUT2D eigenvalue weighted by molar-refractivity contribution is 5.53. The van der Waals surface area contributed by atoms with E-state index in [1.807, 2.05) is 61.5 Å². The molecule has 0 aliphatic heterocycles. The summed E-state index contributed by atoms with van der Waals surface area (Å²) in [5.41, 5.74) is 3.00. The van der Waals surface area contributed by atoms with Gasteiger partial charge in [0.25, 0.3) is 0 Å². The molecule has 0 saturated heterocycles. The molecule has 1 N–H and O–H groups in total. The van der Waals surface area contributed by atoms with Crippen LogP contribution in [0.15, 0.2) is 59.0 Å². The van der Waals surface area contributed by atoms with Crippen LogP contribution in [0.3, 0.4) is 0 Å². The van der Waals surface area contributed by atoms with E-state index in [0.717, 1.165) is 28.3 Å². The fraction of sp³-hybridized carbons (Fsp3) is 0.200. The van der Waals surface area contributed by atoms with Gasteiger partial charge in [-0.1, -0.05) is 35.5 Å². The zero-order chi connectivity index (χ0) is 18.5. The van der Waals surface area contributed by atoms with Gasteiger partial charge in [0.1, 0.15) is 11.5 Å². The van der Waals surface area contributed by atoms with Crippen molar-refractivity contribution >= 4 is 0 Å². The summed E-state index contributed by atoms with van der Waals surface area (Å²) in [6, 6.07) is 17.8. The van der Waals surface area contributed by atoms with E-state index in [-0.39, 0.29) is 0 Å². The van der Waals surface area contributed by atoms with Gasteiger partial charge in [-0.3, -0.25) is 0 Å². The van der Waals surface area contributed by atoms with E-state index in [1.165, 1.54) is 0 Å². The van der Waals surface area contributed by atoms with Gasteiger partial charge >= 0.3 is 0 Å². The number of nitrogens with zero attached hydrogens (tertiary/aromatic N) is 4. The first-order chi connectivity index (χ1) is 13.3. The highest BCUT2D eigenvalue weighted by atomic mass is 16.5. The standard InChI is InChI=1S/C20H19N5O2/c1-14-18(21-20(27-14)16-5-3-2-4-6-16)11-12-26-17-9-7-15(8-10-17)13-19-22-24-25-23-19/h2-10H,11-13H2,1H3,(H,22,23,24,25). The second-order valence-electron chi connectivity index (χ2n) is 6.14. The summed E-state index contributed by atoms with van der Waals surface area (Å²) in [4.78, 5) is 4.60. The van der Waals surface area contributed by atoms with Gasteiger partial charge in [-0.05, 0) is 36.8 Å². The quantitative estimate of drug-likeness (QED) is 0.543. The van der Waals surface area contributed by atoms with Crippen molar-refractivity contribution in [1.29, 1.82) is 0 Å². The molecular weight excluding hydrogens is 342 g/mol. The Kier molecular flexibility index (Phi) is 4.91. The molecule has 0 spiro atoms. The first-order valence-corrected chi connectivity index (χ1v) is 8.74. The van der Waals surface area contributed by atoms with Crippen molar-refractivity contribution in [3.8, 4) is 17.2 Å². The van der Waals surface area contributed by atoms with Crippen molar-refractivity contribution in [1.82, 2.24) is 25.6 Å². The molecule has 27 heavy (non-hydrogen) atoms. The smallest absolute Gasteiger partial charge is 0.226 e. The lowest BCUT2D eigenvalue weighted by Crippen LogP contribution is -2.03. The van der Waals surface area contributed by atoms with Gasteiger partial charge in [-0.2, -0.15) is 5.21 Å². The van der Waals surface area contributed by atoms with Crippen LogP contribution in [-0.4, -0.2) is 32.2 Å². The number of aromatic nitrogens is 5. The Morgan fingerprint density at radius 2 is 1.85 bits per heavy atom. The number of H-pyrrole nitrogens is 1. The minimum atomic E-state index is 0.534. The van der Waals surface area contributed by atoms with Gasteiger partial charge in [0, 0.05) is 18.4 Å². The Labute approximate surface area is 156 Å². The van der Waals surface area contributed by atoms with Gasteiger partial charge in [-0.25, -0.2) is 4.98 Å². The van der Waals surface area contributed by atoms with Crippen LogP contribution in [0.1, 0.15) is 22.8 Å². The van der Waals surface area contributed by atoms with E-state index >= 15 is 0 Å². The zero-order valence-corrected chi connectivity index (χ0v) is 14.9. The first kappa shape index (κ1) is 17.0. The monoisotopic (exact) mass is 361 g/mol. The maximum Gasteiger partial charge on any atom is 0.226 e. The Balaban J connectivity index is 1.33. The number of benzene rings is 2. The molecule has 0 fully saturated rings. The predicted octanol–water partition coefficient (Wildman–Crippen LogP) is 3.38. The maximum absolute atomic E-state index is 5.84. The van der Waals surface area contributed by atoms with Crippen LogP contribution in [0.2, 0.25) is 0 Å². The highest BCUT2D eigenvalue weighted by Gasteiger charge is 2.11. The second-order valence-corrected chi connectivity index (χ2v) is 6.14. The molecular formula is C20H19N5O2. The van der Waals surface area contributed by atoms with E-state index in [4.69, 9.17) is 9.15 Å². The number of rotatable bonds is 7. The fourth-order valence-corrected chi connectivity index (χ4v) is 2.77. The Morgan fingerprint density at radius 1 is 1.04 bits per heavy atom. The summed E-state index contributed by atoms with van der Waals surface area (Å²) >= 11 is 0. The minimum absolute atomic E-state index is 0.534. The molecule has 4 aromatic rings. The number of ether oxygens (including phenoxy) is 1. The highest BCUT2D eigenvalue weighted by Crippen LogP contribution is 2.22. The minimum Gasteiger partial charge on any atom is -0.493 e. The molecule has 0 radical (unpaired) electrons. The third-order valence-electron chi connectivity index (χ3n) is 4.20. The van der Waals surface area contributed by atoms with Gasteiger partial charge in [-0.15, -0.1) is 10.2 Å². The van der Waals surface area contributed by atoms with Crippen molar-refractivity contribution in [3.63, 3.8) is 0 Å². The molecule has 0 atom stereocenters. The van der Waals surface area contributed by atoms with Crippen LogP contribution < -0.4 is 4.74 Å². The summed E-state index contributed by atoms with van der Waals surface area (Å²) in [7, 11) is 0. The largest absolute Gasteiger partial charge is 0.493 e. The number of tetrazole rings is 1. The number of aryl methyl sites for hydroxylation is 1. The van der Waals surface area contributed by atoms with Gasteiger partial charge < -0.3 is 9.15 Å². The average molecular weight is 361 g/mol. The maximum atomic E-state index is 5.84. The lowest BCUT2D eigenvalue weighted by atomic mass is 10.1. The molecule has 7 nitrogen and oxygen atoms in total.